The Kier molecular flexibility index (Phi) is 10.0. The van der Waals surface area contributed by atoms with Gasteiger partial charge in [0, 0.05) is 30.6 Å². The van der Waals surface area contributed by atoms with Crippen LogP contribution in [-0.2, 0) is 34.2 Å². The Morgan fingerprint density at radius 2 is 1.65 bits per heavy atom. The number of rotatable bonds is 9. The summed E-state index contributed by atoms with van der Waals surface area (Å²) in [5.74, 6) is -2.76. The van der Waals surface area contributed by atoms with Gasteiger partial charge in [-0.3, -0.25) is 0 Å². The van der Waals surface area contributed by atoms with Gasteiger partial charge < -0.3 is 15.3 Å². The third-order valence-corrected chi connectivity index (χ3v) is 9.95. The Balaban J connectivity index is 0.000000470. The van der Waals surface area contributed by atoms with Crippen molar-refractivity contribution in [2.45, 2.75) is 48.7 Å². The number of halogens is 3. The highest BCUT2D eigenvalue weighted by molar-refractivity contribution is 7.91. The summed E-state index contributed by atoms with van der Waals surface area (Å²) in [5.41, 5.74) is 5.17. The van der Waals surface area contributed by atoms with E-state index >= 15 is 0 Å². The zero-order valence-electron chi connectivity index (χ0n) is 21.8. The number of carbonyl (C=O) groups is 1. The molecule has 0 spiro atoms. The normalized spacial score (nSPS) is 16.0. The topological polar surface area (TPSA) is 98.7 Å². The molecule has 1 aliphatic heterocycles. The smallest absolute Gasteiger partial charge is 0.475 e. The molecular weight excluding hydrogens is 563 g/mol. The van der Waals surface area contributed by atoms with Crippen LogP contribution in [0.4, 0.5) is 13.2 Å². The fourth-order valence-corrected chi connectivity index (χ4v) is 7.20. The van der Waals surface area contributed by atoms with Crippen molar-refractivity contribution in [1.29, 1.82) is 0 Å². The van der Waals surface area contributed by atoms with Crippen LogP contribution in [0, 0.1) is 0 Å². The number of benzene rings is 2. The monoisotopic (exact) mass is 595 g/mol. The first-order valence-corrected chi connectivity index (χ1v) is 15.3. The number of hydrogen-bond donors (Lipinski definition) is 3. The Labute approximate surface area is 236 Å². The number of likely N-dealkylation sites (tertiary alicyclic amines) is 1. The molecule has 216 valence electrons. The van der Waals surface area contributed by atoms with Crippen molar-refractivity contribution in [2.24, 2.45) is 0 Å². The third kappa shape index (κ3) is 8.37. The highest BCUT2D eigenvalue weighted by atomic mass is 32.2. The predicted molar refractivity (Wildman–Crippen MR) is 149 cm³/mol. The zero-order valence-corrected chi connectivity index (χ0v) is 23.4. The number of hydrogen-bond acceptors (Lipinski definition) is 6. The fraction of sp³-hybridized carbons (Fsp3) is 0.393. The first-order chi connectivity index (χ1) is 19.0. The van der Waals surface area contributed by atoms with Crippen LogP contribution in [-0.4, -0.2) is 62.8 Å². The van der Waals surface area contributed by atoms with E-state index < -0.39 is 22.2 Å². The van der Waals surface area contributed by atoms with Crippen LogP contribution in [0.5, 0.6) is 0 Å². The quantitative estimate of drug-likeness (QED) is 0.333. The van der Waals surface area contributed by atoms with Crippen molar-refractivity contribution < 1.29 is 31.5 Å². The predicted octanol–water partition coefficient (Wildman–Crippen LogP) is 4.68. The number of nitrogens with one attached hydrogen (secondary N) is 2. The first-order valence-electron chi connectivity index (χ1n) is 13.0. The van der Waals surface area contributed by atoms with Crippen LogP contribution in [0.3, 0.4) is 0 Å². The summed E-state index contributed by atoms with van der Waals surface area (Å²) in [4.78, 5) is 12.2. The van der Waals surface area contributed by atoms with Gasteiger partial charge in [0.1, 0.15) is 4.21 Å². The largest absolute Gasteiger partial charge is 0.490 e. The van der Waals surface area contributed by atoms with Gasteiger partial charge in [-0.25, -0.2) is 17.9 Å². The van der Waals surface area contributed by atoms with Crippen molar-refractivity contribution in [1.82, 2.24) is 14.9 Å². The molecule has 1 fully saturated rings. The molecular formula is C28H32F3N3O4S2. The molecule has 0 unspecified atom stereocenters. The van der Waals surface area contributed by atoms with E-state index in [9.17, 15) is 21.6 Å². The van der Waals surface area contributed by atoms with Gasteiger partial charge in [0.15, 0.2) is 0 Å². The highest BCUT2D eigenvalue weighted by Gasteiger charge is 2.38. The standard InChI is InChI=1S/C26H31N3O2S2.C2HF3O2/c30-33(31,28-12-15-29-13-3-4-14-29)26-11-10-25(32-26)23-9-5-6-20(16-23)19-27-24-17-21-7-1-2-8-22(21)18-24;3-2(4,5)1(6)7/h1-2,5-11,16,24,27-28H,3-4,12-15,17-19H2;(H,6,7). The SMILES string of the molecule is O=C(O)C(F)(F)F.O=S(=O)(NCCN1CCCC1)c1ccc(-c2cccc(CNC3Cc4ccccc4C3)c2)s1. The maximum atomic E-state index is 12.7. The van der Waals surface area contributed by atoms with Gasteiger partial charge >= 0.3 is 12.1 Å². The van der Waals surface area contributed by atoms with Gasteiger partial charge in [-0.05, 0) is 79.2 Å². The average molecular weight is 596 g/mol. The molecule has 7 nitrogen and oxygen atoms in total. The summed E-state index contributed by atoms with van der Waals surface area (Å²) in [5, 5.41) is 10.8. The van der Waals surface area contributed by atoms with E-state index in [0.717, 1.165) is 49.5 Å². The second kappa shape index (κ2) is 13.3. The summed E-state index contributed by atoms with van der Waals surface area (Å²) in [6.07, 6.45) is -0.507. The lowest BCUT2D eigenvalue weighted by Gasteiger charge is -2.14. The molecule has 2 aliphatic rings. The minimum Gasteiger partial charge on any atom is -0.475 e. The maximum absolute atomic E-state index is 12.7. The van der Waals surface area contributed by atoms with Gasteiger partial charge in [-0.15, -0.1) is 11.3 Å². The number of nitrogens with zero attached hydrogens (tertiary/aromatic N) is 1. The lowest BCUT2D eigenvalue weighted by atomic mass is 10.1. The number of aliphatic carboxylic acids is 1. The van der Waals surface area contributed by atoms with E-state index in [2.05, 4.69) is 63.5 Å². The van der Waals surface area contributed by atoms with E-state index in [1.165, 1.54) is 40.9 Å². The second-order valence-electron chi connectivity index (χ2n) is 9.82. The van der Waals surface area contributed by atoms with Gasteiger partial charge in [0.2, 0.25) is 10.0 Å². The molecule has 0 saturated carbocycles. The van der Waals surface area contributed by atoms with Gasteiger partial charge in [0.25, 0.3) is 0 Å². The van der Waals surface area contributed by atoms with Crippen LogP contribution in [0.15, 0.2) is 64.9 Å². The fourth-order valence-electron chi connectivity index (χ4n) is 4.84. The van der Waals surface area contributed by atoms with Gasteiger partial charge in [-0.2, -0.15) is 13.2 Å². The van der Waals surface area contributed by atoms with Crippen molar-refractivity contribution >= 4 is 27.3 Å². The van der Waals surface area contributed by atoms with E-state index in [-0.39, 0.29) is 0 Å². The van der Waals surface area contributed by atoms with Crippen LogP contribution in [0.2, 0.25) is 0 Å². The summed E-state index contributed by atoms with van der Waals surface area (Å²) in [6.45, 7) is 4.19. The van der Waals surface area contributed by atoms with E-state index in [1.54, 1.807) is 6.07 Å². The summed E-state index contributed by atoms with van der Waals surface area (Å²) >= 11 is 1.33. The molecule has 1 aliphatic carbocycles. The number of carboxylic acids is 1. The molecule has 2 heterocycles. The summed E-state index contributed by atoms with van der Waals surface area (Å²) in [6, 6.07) is 21.2. The molecule has 0 amide bonds. The zero-order chi connectivity index (χ0) is 28.8. The van der Waals surface area contributed by atoms with E-state index in [1.807, 2.05) is 6.07 Å². The summed E-state index contributed by atoms with van der Waals surface area (Å²) < 4.78 is 60.3. The van der Waals surface area contributed by atoms with Crippen LogP contribution in [0.1, 0.15) is 29.5 Å². The number of fused-ring (bicyclic) bond motifs is 1. The molecule has 3 N–H and O–H groups in total. The molecule has 5 rings (SSSR count). The number of thiophene rings is 1. The Morgan fingerprint density at radius 3 is 2.27 bits per heavy atom. The van der Waals surface area contributed by atoms with Crippen molar-refractivity contribution in [2.75, 3.05) is 26.2 Å². The van der Waals surface area contributed by atoms with Crippen molar-refractivity contribution in [3.8, 4) is 10.4 Å². The molecule has 0 radical (unpaired) electrons. The Hall–Kier alpha value is -2.77. The molecule has 0 atom stereocenters. The Bertz CT molecular complexity index is 1380. The minimum atomic E-state index is -5.08. The highest BCUT2D eigenvalue weighted by Crippen LogP contribution is 2.31. The lowest BCUT2D eigenvalue weighted by molar-refractivity contribution is -0.192. The maximum Gasteiger partial charge on any atom is 0.490 e. The lowest BCUT2D eigenvalue weighted by Crippen LogP contribution is -2.33. The van der Waals surface area contributed by atoms with Crippen LogP contribution in [0.25, 0.3) is 10.4 Å². The molecule has 1 saturated heterocycles. The molecule has 12 heteroatoms. The van der Waals surface area contributed by atoms with Crippen LogP contribution >= 0.6 is 11.3 Å². The van der Waals surface area contributed by atoms with Gasteiger partial charge in [-0.1, -0.05) is 42.5 Å². The van der Waals surface area contributed by atoms with Gasteiger partial charge in [0.05, 0.1) is 0 Å². The molecule has 3 aromatic rings. The molecule has 0 bridgehead atoms. The van der Waals surface area contributed by atoms with Crippen molar-refractivity contribution in [3.63, 3.8) is 0 Å². The van der Waals surface area contributed by atoms with E-state index in [0.29, 0.717) is 16.8 Å². The van der Waals surface area contributed by atoms with Crippen LogP contribution < -0.4 is 10.0 Å². The van der Waals surface area contributed by atoms with Crippen molar-refractivity contribution in [3.05, 3.63) is 77.4 Å². The van der Waals surface area contributed by atoms with E-state index in [4.69, 9.17) is 9.90 Å². The number of carboxylic acid groups (broad SMARTS) is 1. The molecule has 1 aromatic heterocycles. The molecule has 40 heavy (non-hydrogen) atoms. The molecule has 2 aromatic carbocycles. The second-order valence-corrected chi connectivity index (χ2v) is 12.9. The number of sulfonamides is 1. The summed E-state index contributed by atoms with van der Waals surface area (Å²) in [7, 11) is -3.47. The average Bonchev–Trinajstić information content (AvgIpc) is 3.68. The minimum absolute atomic E-state index is 0.381. The number of alkyl halides is 3. The Morgan fingerprint density at radius 1 is 1.00 bits per heavy atom. The first kappa shape index (κ1) is 30.2. The third-order valence-electron chi connectivity index (χ3n) is 6.86.